The van der Waals surface area contributed by atoms with Gasteiger partial charge in [0.05, 0.1) is 11.4 Å². The lowest BCUT2D eigenvalue weighted by Crippen LogP contribution is -2.17. The first-order chi connectivity index (χ1) is 14.2. The molecule has 0 atom stereocenters. The molecule has 29 heavy (non-hydrogen) atoms. The summed E-state index contributed by atoms with van der Waals surface area (Å²) in [5.74, 6) is 0.436. The third kappa shape index (κ3) is 3.46. The molecule has 142 valence electrons. The molecule has 4 rings (SSSR count). The van der Waals surface area contributed by atoms with E-state index in [9.17, 15) is 10.1 Å². The van der Waals surface area contributed by atoms with E-state index in [1.165, 1.54) is 6.33 Å². The molecule has 0 bridgehead atoms. The van der Waals surface area contributed by atoms with Gasteiger partial charge in [0.25, 0.3) is 0 Å². The van der Waals surface area contributed by atoms with Gasteiger partial charge in [0.1, 0.15) is 23.8 Å². The Hall–Kier alpha value is -3.98. The monoisotopic (exact) mass is 381 g/mol. The minimum atomic E-state index is -0.0472. The van der Waals surface area contributed by atoms with Crippen molar-refractivity contribution in [2.45, 2.75) is 19.9 Å². The molecule has 2 aromatic heterocycles. The van der Waals surface area contributed by atoms with E-state index in [-0.39, 0.29) is 12.0 Å². The Kier molecular flexibility index (Phi) is 5.04. The summed E-state index contributed by atoms with van der Waals surface area (Å²) < 4.78 is 0. The molecule has 0 unspecified atom stereocenters. The van der Waals surface area contributed by atoms with Crippen molar-refractivity contribution < 1.29 is 0 Å². The third-order valence-corrected chi connectivity index (χ3v) is 4.87. The fourth-order valence-electron chi connectivity index (χ4n) is 3.41. The van der Waals surface area contributed by atoms with Gasteiger partial charge in [-0.1, -0.05) is 49.4 Å². The van der Waals surface area contributed by atoms with Crippen LogP contribution in [-0.2, 0) is 13.0 Å². The number of benzene rings is 2. The number of nitriles is 1. The number of rotatable bonds is 5. The second kappa shape index (κ2) is 7.95. The molecule has 2 aromatic carbocycles. The van der Waals surface area contributed by atoms with Gasteiger partial charge in [0.15, 0.2) is 5.43 Å². The first-order valence-electron chi connectivity index (χ1n) is 9.40. The van der Waals surface area contributed by atoms with E-state index in [1.54, 1.807) is 0 Å². The molecular weight excluding hydrogens is 362 g/mol. The van der Waals surface area contributed by atoms with Gasteiger partial charge >= 0.3 is 0 Å². The molecule has 0 radical (unpaired) electrons. The number of H-pyrrole nitrogens is 1. The van der Waals surface area contributed by atoms with Crippen molar-refractivity contribution in [2.24, 2.45) is 0 Å². The van der Waals surface area contributed by atoms with Gasteiger partial charge in [0, 0.05) is 23.0 Å². The normalized spacial score (nSPS) is 10.6. The molecule has 0 spiro atoms. The van der Waals surface area contributed by atoms with E-state index < -0.39 is 0 Å². The number of aryl methyl sites for hydroxylation is 1. The SMILES string of the molecule is CCc1ncnc(NCc2c(-c3ccccc3)[nH]c3ccccc3c2=O)c1C#N. The lowest BCUT2D eigenvalue weighted by Gasteiger charge is -2.14. The lowest BCUT2D eigenvalue weighted by atomic mass is 10.0. The Balaban J connectivity index is 1.83. The molecule has 2 heterocycles. The molecule has 4 aromatic rings. The highest BCUT2D eigenvalue weighted by Gasteiger charge is 2.15. The fraction of sp³-hybridized carbons (Fsp3) is 0.130. The van der Waals surface area contributed by atoms with Crippen molar-refractivity contribution in [3.8, 4) is 17.3 Å². The minimum Gasteiger partial charge on any atom is -0.365 e. The highest BCUT2D eigenvalue weighted by atomic mass is 16.1. The van der Waals surface area contributed by atoms with E-state index in [1.807, 2.05) is 61.5 Å². The summed E-state index contributed by atoms with van der Waals surface area (Å²) in [6.45, 7) is 2.17. The topological polar surface area (TPSA) is 94.5 Å². The van der Waals surface area contributed by atoms with E-state index in [0.29, 0.717) is 34.4 Å². The van der Waals surface area contributed by atoms with Gasteiger partial charge in [-0.15, -0.1) is 0 Å². The Morgan fingerprint density at radius 3 is 2.59 bits per heavy atom. The molecular formula is C23H19N5O. The summed E-state index contributed by atoms with van der Waals surface area (Å²) in [5.41, 5.74) is 4.10. The van der Waals surface area contributed by atoms with Crippen molar-refractivity contribution in [1.82, 2.24) is 15.0 Å². The van der Waals surface area contributed by atoms with Crippen molar-refractivity contribution in [3.05, 3.63) is 88.0 Å². The molecule has 0 amide bonds. The van der Waals surface area contributed by atoms with Crippen molar-refractivity contribution in [2.75, 3.05) is 5.32 Å². The van der Waals surface area contributed by atoms with E-state index in [0.717, 1.165) is 16.8 Å². The van der Waals surface area contributed by atoms with Gasteiger partial charge in [-0.25, -0.2) is 9.97 Å². The summed E-state index contributed by atoms with van der Waals surface area (Å²) in [6.07, 6.45) is 2.07. The van der Waals surface area contributed by atoms with E-state index in [2.05, 4.69) is 26.3 Å². The molecule has 0 aliphatic carbocycles. The second-order valence-corrected chi connectivity index (χ2v) is 6.58. The van der Waals surface area contributed by atoms with Crippen LogP contribution in [0.1, 0.15) is 23.7 Å². The van der Waals surface area contributed by atoms with Crippen LogP contribution >= 0.6 is 0 Å². The summed E-state index contributed by atoms with van der Waals surface area (Å²) in [4.78, 5) is 25.0. The standard InChI is InChI=1S/C23H19N5O/c1-2-19-17(12-24)23(27-14-26-19)25-13-18-21(15-8-4-3-5-9-15)28-20-11-7-6-10-16(20)22(18)29/h3-11,14H,2,13H2,1H3,(H,28,29)(H,25,26,27). The Morgan fingerprint density at radius 2 is 1.83 bits per heavy atom. The summed E-state index contributed by atoms with van der Waals surface area (Å²) in [6, 6.07) is 19.4. The van der Waals surface area contributed by atoms with Crippen LogP contribution in [0.2, 0.25) is 0 Å². The minimum absolute atomic E-state index is 0.0472. The molecule has 0 aliphatic rings. The van der Waals surface area contributed by atoms with Crippen LogP contribution < -0.4 is 10.7 Å². The smallest absolute Gasteiger partial charge is 0.194 e. The fourth-order valence-corrected chi connectivity index (χ4v) is 3.41. The predicted octanol–water partition coefficient (Wildman–Crippen LogP) is 4.03. The maximum absolute atomic E-state index is 13.3. The Labute approximate surface area is 167 Å². The summed E-state index contributed by atoms with van der Waals surface area (Å²) in [7, 11) is 0. The molecule has 0 fully saturated rings. The van der Waals surface area contributed by atoms with Crippen LogP contribution in [0.3, 0.4) is 0 Å². The number of nitrogens with one attached hydrogen (secondary N) is 2. The average Bonchev–Trinajstić information content (AvgIpc) is 2.78. The molecule has 6 heteroatoms. The number of hydrogen-bond donors (Lipinski definition) is 2. The number of anilines is 1. The van der Waals surface area contributed by atoms with Crippen LogP contribution in [0.15, 0.2) is 65.7 Å². The predicted molar refractivity (Wildman–Crippen MR) is 113 cm³/mol. The number of aromatic nitrogens is 3. The number of para-hydroxylation sites is 1. The van der Waals surface area contributed by atoms with Gasteiger partial charge in [-0.05, 0) is 24.1 Å². The highest BCUT2D eigenvalue weighted by Crippen LogP contribution is 2.24. The van der Waals surface area contributed by atoms with Crippen molar-refractivity contribution in [3.63, 3.8) is 0 Å². The van der Waals surface area contributed by atoms with E-state index >= 15 is 0 Å². The van der Waals surface area contributed by atoms with Gasteiger partial charge in [0.2, 0.25) is 0 Å². The number of fused-ring (bicyclic) bond motifs is 1. The number of aromatic amines is 1. The Morgan fingerprint density at radius 1 is 1.07 bits per heavy atom. The number of pyridine rings is 1. The maximum atomic E-state index is 13.3. The molecule has 0 aliphatic heterocycles. The quantitative estimate of drug-likeness (QED) is 0.544. The van der Waals surface area contributed by atoms with Crippen LogP contribution in [0.5, 0.6) is 0 Å². The highest BCUT2D eigenvalue weighted by molar-refractivity contribution is 5.83. The van der Waals surface area contributed by atoms with Crippen molar-refractivity contribution >= 4 is 16.7 Å². The zero-order valence-corrected chi connectivity index (χ0v) is 15.9. The zero-order chi connectivity index (χ0) is 20.2. The van der Waals surface area contributed by atoms with E-state index in [4.69, 9.17) is 0 Å². The number of hydrogen-bond acceptors (Lipinski definition) is 5. The molecule has 0 saturated carbocycles. The Bertz CT molecular complexity index is 1270. The van der Waals surface area contributed by atoms with Crippen LogP contribution in [0.4, 0.5) is 5.82 Å². The van der Waals surface area contributed by atoms with Crippen LogP contribution in [0.25, 0.3) is 22.2 Å². The second-order valence-electron chi connectivity index (χ2n) is 6.58. The first-order valence-corrected chi connectivity index (χ1v) is 9.40. The summed E-state index contributed by atoms with van der Waals surface area (Å²) >= 11 is 0. The maximum Gasteiger partial charge on any atom is 0.194 e. The first kappa shape index (κ1) is 18.4. The van der Waals surface area contributed by atoms with Crippen molar-refractivity contribution in [1.29, 1.82) is 5.26 Å². The van der Waals surface area contributed by atoms with Crippen LogP contribution in [0, 0.1) is 11.3 Å². The zero-order valence-electron chi connectivity index (χ0n) is 15.9. The molecule has 2 N–H and O–H groups in total. The van der Waals surface area contributed by atoms with Gasteiger partial charge in [-0.2, -0.15) is 5.26 Å². The average molecular weight is 381 g/mol. The number of nitrogens with zero attached hydrogens (tertiary/aromatic N) is 3. The lowest BCUT2D eigenvalue weighted by molar-refractivity contribution is 0.973. The summed E-state index contributed by atoms with van der Waals surface area (Å²) in [5, 5.41) is 13.3. The van der Waals surface area contributed by atoms with Crippen LogP contribution in [-0.4, -0.2) is 15.0 Å². The third-order valence-electron chi connectivity index (χ3n) is 4.87. The molecule has 0 saturated heterocycles. The molecule has 6 nitrogen and oxygen atoms in total. The van der Waals surface area contributed by atoms with Gasteiger partial charge in [-0.3, -0.25) is 4.79 Å². The largest absolute Gasteiger partial charge is 0.365 e. The van der Waals surface area contributed by atoms with Gasteiger partial charge < -0.3 is 10.3 Å².